The van der Waals surface area contributed by atoms with Gasteiger partial charge in [-0.05, 0) is 140 Å². The number of hydrogen-bond donors (Lipinski definition) is 0. The van der Waals surface area contributed by atoms with Crippen LogP contribution in [-0.2, 0) is 43.7 Å². The maximum absolute atomic E-state index is 9.69. The first-order valence-corrected chi connectivity index (χ1v) is 26.2. The number of pyridine rings is 1. The van der Waals surface area contributed by atoms with Crippen LogP contribution in [0.3, 0.4) is 0 Å². The number of rotatable bonds is 10. The molecule has 8 aromatic carbocycles. The van der Waals surface area contributed by atoms with Crippen LogP contribution in [0, 0.1) is 24.7 Å². The van der Waals surface area contributed by atoms with Crippen LogP contribution in [0.15, 0.2) is 182 Å². The zero-order valence-corrected chi connectivity index (χ0v) is 46.9. The van der Waals surface area contributed by atoms with Gasteiger partial charge in [-0.25, -0.2) is 4.98 Å². The molecule has 0 atom stereocenters. The summed E-state index contributed by atoms with van der Waals surface area (Å²) in [6.45, 7) is 21.8. The van der Waals surface area contributed by atoms with Crippen LogP contribution in [0.25, 0.3) is 61.0 Å². The van der Waals surface area contributed by atoms with Gasteiger partial charge in [0.15, 0.2) is 0 Å². The Balaban J connectivity index is 0.00000705. The molecular weight excluding hydrogens is 1110 g/mol. The molecule has 384 valence electrons. The molecule has 1 aliphatic carbocycles. The van der Waals surface area contributed by atoms with Gasteiger partial charge in [0.05, 0.1) is 5.48 Å². The van der Waals surface area contributed by atoms with E-state index in [1.165, 1.54) is 11.1 Å². The van der Waals surface area contributed by atoms with Gasteiger partial charge in [-0.2, -0.15) is 12.1 Å². The van der Waals surface area contributed by atoms with Crippen LogP contribution >= 0.6 is 0 Å². The Kier molecular flexibility index (Phi) is 11.4. The summed E-state index contributed by atoms with van der Waals surface area (Å²) in [5, 5.41) is 0.973. The van der Waals surface area contributed by atoms with E-state index in [0.717, 1.165) is 68.8 Å². The van der Waals surface area contributed by atoms with Crippen molar-refractivity contribution in [1.29, 1.82) is 0 Å². The maximum Gasteiger partial charge on any atom is 0.135 e. The Morgan fingerprint density at radius 2 is 1.32 bits per heavy atom. The number of benzene rings is 8. The van der Waals surface area contributed by atoms with Crippen LogP contribution in [0.5, 0.6) is 11.5 Å². The fraction of sp³-hybridized carbons (Fsp3) is 0.229. The summed E-state index contributed by atoms with van der Waals surface area (Å²) in [6.07, 6.45) is 2.21. The molecular formula is C70H65N4OPt-3. The summed E-state index contributed by atoms with van der Waals surface area (Å²) in [5.74, 6) is 0.978. The van der Waals surface area contributed by atoms with Crippen molar-refractivity contribution in [2.24, 2.45) is 5.92 Å². The van der Waals surface area contributed by atoms with Crippen molar-refractivity contribution < 1.29 is 34.0 Å². The number of aromatic nitrogens is 2. The van der Waals surface area contributed by atoms with Gasteiger partial charge in [-0.15, -0.1) is 48.1 Å². The van der Waals surface area contributed by atoms with Gasteiger partial charge in [0.25, 0.3) is 0 Å². The number of ether oxygens (including phenoxy) is 1. The van der Waals surface area contributed by atoms with E-state index in [2.05, 4.69) is 174 Å². The van der Waals surface area contributed by atoms with Crippen molar-refractivity contribution in [2.45, 2.75) is 97.8 Å². The monoisotopic (exact) mass is 1180 g/mol. The smallest absolute Gasteiger partial charge is 0.135 e. The van der Waals surface area contributed by atoms with E-state index < -0.39 is 6.37 Å². The van der Waals surface area contributed by atoms with Crippen molar-refractivity contribution in [3.63, 3.8) is 0 Å². The number of fused-ring (bicyclic) bond motifs is 5. The van der Waals surface area contributed by atoms with Gasteiger partial charge in [0.1, 0.15) is 5.82 Å². The molecule has 2 aliphatic rings. The first kappa shape index (κ1) is 44.0. The van der Waals surface area contributed by atoms with Crippen LogP contribution in [0.1, 0.15) is 106 Å². The summed E-state index contributed by atoms with van der Waals surface area (Å²) in [7, 11) is 0. The molecule has 0 saturated carbocycles. The first-order chi connectivity index (χ1) is 38.5. The molecule has 1 aliphatic heterocycles. The fourth-order valence-electron chi connectivity index (χ4n) is 11.2. The normalized spacial score (nSPS) is 16.0. The Labute approximate surface area is 472 Å². The number of para-hydroxylation sites is 3. The molecule has 0 amide bonds. The second kappa shape index (κ2) is 19.7. The summed E-state index contributed by atoms with van der Waals surface area (Å²) < 4.78 is 63.3. The van der Waals surface area contributed by atoms with E-state index in [1.807, 2.05) is 62.4 Å². The van der Waals surface area contributed by atoms with E-state index in [0.29, 0.717) is 50.4 Å². The molecule has 0 spiro atoms. The Morgan fingerprint density at radius 1 is 0.658 bits per heavy atom. The largest absolute Gasteiger partial charge is 0.509 e. The number of nitrogens with zero attached hydrogens (tertiary/aromatic N) is 4. The molecule has 0 radical (unpaired) electrons. The van der Waals surface area contributed by atoms with E-state index in [1.54, 1.807) is 16.8 Å². The van der Waals surface area contributed by atoms with Crippen molar-refractivity contribution in [1.82, 2.24) is 9.55 Å². The minimum absolute atomic E-state index is 0. The first-order valence-electron chi connectivity index (χ1n) is 29.2. The van der Waals surface area contributed by atoms with E-state index in [4.69, 9.17) is 15.2 Å². The Bertz CT molecular complexity index is 4140. The molecule has 0 N–H and O–H groups in total. The molecule has 3 heterocycles. The summed E-state index contributed by atoms with van der Waals surface area (Å²) in [6, 6.07) is 57.9. The molecule has 10 aromatic rings. The van der Waals surface area contributed by atoms with Crippen molar-refractivity contribution in [2.75, 3.05) is 9.80 Å². The second-order valence-electron chi connectivity index (χ2n) is 22.8. The predicted octanol–water partition coefficient (Wildman–Crippen LogP) is 18.8. The average Bonchev–Trinajstić information content (AvgIpc) is 2.18. The van der Waals surface area contributed by atoms with Crippen LogP contribution in [0.4, 0.5) is 22.7 Å². The zero-order valence-electron chi connectivity index (χ0n) is 50.6. The minimum atomic E-state index is -1.67. The minimum Gasteiger partial charge on any atom is -0.509 e. The summed E-state index contributed by atoms with van der Waals surface area (Å²) >= 11 is 0. The van der Waals surface area contributed by atoms with Crippen LogP contribution in [0.2, 0.25) is 0 Å². The predicted molar refractivity (Wildman–Crippen MR) is 313 cm³/mol. The zero-order chi connectivity index (χ0) is 57.1. The van der Waals surface area contributed by atoms with Crippen LogP contribution < -0.4 is 14.5 Å². The molecule has 5 nitrogen and oxygen atoms in total. The van der Waals surface area contributed by atoms with Gasteiger partial charge in [0, 0.05) is 75.2 Å². The maximum atomic E-state index is 9.69. The third-order valence-corrected chi connectivity index (χ3v) is 15.2. The molecule has 12 rings (SSSR count). The quantitative estimate of drug-likeness (QED) is 0.128. The summed E-state index contributed by atoms with van der Waals surface area (Å²) in [5.41, 5.74) is 14.3. The fourth-order valence-corrected chi connectivity index (χ4v) is 11.2. The average molecular weight is 1180 g/mol. The van der Waals surface area contributed by atoms with E-state index in [9.17, 15) is 2.74 Å². The molecule has 2 aromatic heterocycles. The molecule has 0 fully saturated rings. The molecule has 0 saturated heterocycles. The van der Waals surface area contributed by atoms with Crippen molar-refractivity contribution in [3.8, 4) is 50.7 Å². The van der Waals surface area contributed by atoms with Gasteiger partial charge in [0.2, 0.25) is 0 Å². The second-order valence-corrected chi connectivity index (χ2v) is 22.8. The SMILES string of the molecule is [2H]c1c([2H])c([2H])c2c(c1[2H])c1ccc(Oc3[c-]c(N4[CH-]N(c5c(-c6cccc(-c7ccccc7)c6)cc(C([2H])([2H])C(C)C)cc5-c5ccc6c(c5)C(C)(C)CCC6(C)C)c5ccccc54)ccc3)[c-]c1n2-c1cc(C(C)(C)C)ccn1.[Pt]. The van der Waals surface area contributed by atoms with E-state index in [-0.39, 0.29) is 67.4 Å². The third kappa shape index (κ3) is 9.36. The standard InChI is InChI=1S/C70H65N4O.Pt/c1-46(2)37-47-38-58(50-22-17-21-49(40-50)48-19-11-10-12-20-48)67(59(39-47)51-29-32-60-61(41-51)70(8,9)35-34-69(60,6)7)73-45-72(63-27-15-16-28-64(63)73)53-23-18-24-54(43-53)75-55-30-31-57-56-25-13-14-26-62(56)74(65(57)44-55)66-42-52(33-36-71-66)68(3,4)5;/h10-33,36,38-42,45-46H,34-35,37H2,1-9H3;/q-3;/i13D,14D,25D,26D,37D2;. The Morgan fingerprint density at radius 3 is 2.07 bits per heavy atom. The molecule has 0 bridgehead atoms. The van der Waals surface area contributed by atoms with Gasteiger partial charge in [-0.1, -0.05) is 165 Å². The molecule has 6 heteroatoms. The molecule has 76 heavy (non-hydrogen) atoms. The molecule has 0 unspecified atom stereocenters. The van der Waals surface area contributed by atoms with E-state index >= 15 is 0 Å². The van der Waals surface area contributed by atoms with Gasteiger partial charge < -0.3 is 19.1 Å². The van der Waals surface area contributed by atoms with Crippen molar-refractivity contribution in [3.05, 3.63) is 223 Å². The number of hydrogen-bond acceptors (Lipinski definition) is 4. The third-order valence-electron chi connectivity index (χ3n) is 15.2. The van der Waals surface area contributed by atoms with Gasteiger partial charge >= 0.3 is 0 Å². The Hall–Kier alpha value is -7.20. The van der Waals surface area contributed by atoms with Crippen LogP contribution in [-0.4, -0.2) is 9.55 Å². The van der Waals surface area contributed by atoms with Gasteiger partial charge in [-0.3, -0.25) is 0 Å². The number of anilines is 4. The van der Waals surface area contributed by atoms with Crippen molar-refractivity contribution >= 4 is 44.6 Å². The topological polar surface area (TPSA) is 33.5 Å². The summed E-state index contributed by atoms with van der Waals surface area (Å²) in [4.78, 5) is 9.14.